The summed E-state index contributed by atoms with van der Waals surface area (Å²) in [5.41, 5.74) is 1.57. The number of esters is 1. The van der Waals surface area contributed by atoms with Crippen molar-refractivity contribution < 1.29 is 37.3 Å². The van der Waals surface area contributed by atoms with Gasteiger partial charge in [0.25, 0.3) is 5.91 Å². The van der Waals surface area contributed by atoms with E-state index in [-0.39, 0.29) is 24.3 Å². The van der Waals surface area contributed by atoms with Crippen LogP contribution in [0.3, 0.4) is 0 Å². The SMILES string of the molecule is CCCOC(=O)Cc1c(C)n(C(=O)c2ccc(OC(F)(F)F)cc2)c2ccc(O)cc12. The van der Waals surface area contributed by atoms with Crippen LogP contribution in [-0.4, -0.2) is 34.5 Å². The third-order valence-electron chi connectivity index (χ3n) is 4.64. The van der Waals surface area contributed by atoms with Gasteiger partial charge in [0, 0.05) is 16.6 Å². The maximum Gasteiger partial charge on any atom is 0.573 e. The van der Waals surface area contributed by atoms with E-state index in [1.54, 1.807) is 6.92 Å². The first-order valence-electron chi connectivity index (χ1n) is 9.49. The first-order chi connectivity index (χ1) is 14.6. The molecule has 31 heavy (non-hydrogen) atoms. The summed E-state index contributed by atoms with van der Waals surface area (Å²) in [6.07, 6.45) is -4.26. The first kappa shape index (κ1) is 22.2. The Morgan fingerprint density at radius 1 is 1.10 bits per heavy atom. The maximum absolute atomic E-state index is 13.2. The standard InChI is InChI=1S/C22H20F3NO5/c1-3-10-30-20(28)12-17-13(2)26(19-9-6-15(27)11-18(17)19)21(29)14-4-7-16(8-5-14)31-22(23,24)25/h4-9,11,27H,3,10,12H2,1-2H3. The van der Waals surface area contributed by atoms with Crippen LogP contribution in [-0.2, 0) is 16.0 Å². The zero-order valence-corrected chi connectivity index (χ0v) is 16.8. The van der Waals surface area contributed by atoms with Crippen molar-refractivity contribution in [2.75, 3.05) is 6.61 Å². The summed E-state index contributed by atoms with van der Waals surface area (Å²) in [6.45, 7) is 3.79. The molecule has 1 heterocycles. The Morgan fingerprint density at radius 3 is 2.39 bits per heavy atom. The van der Waals surface area contributed by atoms with E-state index in [1.165, 1.54) is 34.9 Å². The second-order valence-electron chi connectivity index (χ2n) is 6.88. The van der Waals surface area contributed by atoms with Crippen LogP contribution in [0.15, 0.2) is 42.5 Å². The highest BCUT2D eigenvalue weighted by atomic mass is 19.4. The number of alkyl halides is 3. The lowest BCUT2D eigenvalue weighted by atomic mass is 10.1. The second kappa shape index (κ2) is 8.71. The number of halogens is 3. The highest BCUT2D eigenvalue weighted by molar-refractivity contribution is 6.05. The zero-order chi connectivity index (χ0) is 22.8. The van der Waals surface area contributed by atoms with Crippen LogP contribution in [0.1, 0.15) is 35.0 Å². The number of aromatic nitrogens is 1. The summed E-state index contributed by atoms with van der Waals surface area (Å²) < 4.78 is 47.4. The van der Waals surface area contributed by atoms with Crippen LogP contribution in [0.2, 0.25) is 0 Å². The summed E-state index contributed by atoms with van der Waals surface area (Å²) in [4.78, 5) is 25.3. The molecule has 0 bridgehead atoms. The van der Waals surface area contributed by atoms with Gasteiger partial charge in [0.15, 0.2) is 0 Å². The van der Waals surface area contributed by atoms with Crippen LogP contribution in [0.25, 0.3) is 10.9 Å². The Balaban J connectivity index is 2.00. The van der Waals surface area contributed by atoms with Gasteiger partial charge in [0.2, 0.25) is 0 Å². The molecule has 0 radical (unpaired) electrons. The molecule has 0 atom stereocenters. The molecule has 3 rings (SSSR count). The molecule has 9 heteroatoms. The normalized spacial score (nSPS) is 11.5. The number of phenols is 1. The van der Waals surface area contributed by atoms with E-state index in [1.807, 2.05) is 6.92 Å². The molecule has 0 aliphatic heterocycles. The third-order valence-corrected chi connectivity index (χ3v) is 4.64. The van der Waals surface area contributed by atoms with Gasteiger partial charge in [0.05, 0.1) is 18.5 Å². The van der Waals surface area contributed by atoms with Crippen LogP contribution >= 0.6 is 0 Å². The number of rotatable bonds is 6. The minimum atomic E-state index is -4.83. The lowest BCUT2D eigenvalue weighted by Crippen LogP contribution is -2.17. The van der Waals surface area contributed by atoms with Gasteiger partial charge in [-0.2, -0.15) is 0 Å². The Labute approximate surface area is 175 Å². The molecule has 3 aromatic rings. The molecular weight excluding hydrogens is 415 g/mol. The molecule has 0 spiro atoms. The monoisotopic (exact) mass is 435 g/mol. The molecule has 164 valence electrons. The quantitative estimate of drug-likeness (QED) is 0.566. The molecule has 0 amide bonds. The first-order valence-corrected chi connectivity index (χ1v) is 9.49. The van der Waals surface area contributed by atoms with Crippen molar-refractivity contribution in [2.45, 2.75) is 33.1 Å². The van der Waals surface area contributed by atoms with Crippen molar-refractivity contribution in [1.82, 2.24) is 4.57 Å². The van der Waals surface area contributed by atoms with Crippen molar-refractivity contribution in [2.24, 2.45) is 0 Å². The van der Waals surface area contributed by atoms with Crippen LogP contribution in [0.4, 0.5) is 13.2 Å². The number of aromatic hydroxyl groups is 1. The van der Waals surface area contributed by atoms with Gasteiger partial charge >= 0.3 is 12.3 Å². The largest absolute Gasteiger partial charge is 0.573 e. The van der Waals surface area contributed by atoms with Crippen LogP contribution < -0.4 is 4.74 Å². The van der Waals surface area contributed by atoms with E-state index < -0.39 is 24.0 Å². The highest BCUT2D eigenvalue weighted by Gasteiger charge is 2.31. The minimum Gasteiger partial charge on any atom is -0.508 e. The average molecular weight is 435 g/mol. The van der Waals surface area contributed by atoms with Gasteiger partial charge < -0.3 is 14.6 Å². The Morgan fingerprint density at radius 2 is 1.77 bits per heavy atom. The molecule has 0 saturated carbocycles. The van der Waals surface area contributed by atoms with Gasteiger partial charge in [0.1, 0.15) is 11.5 Å². The van der Waals surface area contributed by atoms with Crippen molar-refractivity contribution in [3.05, 3.63) is 59.3 Å². The van der Waals surface area contributed by atoms with E-state index in [0.29, 0.717) is 28.6 Å². The average Bonchev–Trinajstić information content (AvgIpc) is 2.96. The third kappa shape index (κ3) is 4.99. The molecule has 6 nitrogen and oxygen atoms in total. The molecule has 0 unspecified atom stereocenters. The number of nitrogens with zero attached hydrogens (tertiary/aromatic N) is 1. The number of hydrogen-bond donors (Lipinski definition) is 1. The fourth-order valence-electron chi connectivity index (χ4n) is 3.30. The molecule has 0 aliphatic carbocycles. The van der Waals surface area contributed by atoms with Gasteiger partial charge in [-0.1, -0.05) is 6.92 Å². The van der Waals surface area contributed by atoms with E-state index >= 15 is 0 Å². The Kier molecular flexibility index (Phi) is 6.24. The summed E-state index contributed by atoms with van der Waals surface area (Å²) in [6, 6.07) is 8.96. The Bertz CT molecular complexity index is 1120. The number of phenolic OH excluding ortho intramolecular Hbond substituents is 1. The summed E-state index contributed by atoms with van der Waals surface area (Å²) in [5.74, 6) is -1.44. The summed E-state index contributed by atoms with van der Waals surface area (Å²) in [5, 5.41) is 10.4. The van der Waals surface area contributed by atoms with Crippen molar-refractivity contribution in [3.8, 4) is 11.5 Å². The fourth-order valence-corrected chi connectivity index (χ4v) is 3.30. The molecule has 0 fully saturated rings. The van der Waals surface area contributed by atoms with Crippen molar-refractivity contribution >= 4 is 22.8 Å². The van der Waals surface area contributed by atoms with Gasteiger partial charge in [-0.15, -0.1) is 13.2 Å². The minimum absolute atomic E-state index is 0.0334. The smallest absolute Gasteiger partial charge is 0.508 e. The number of hydrogen-bond acceptors (Lipinski definition) is 5. The van der Waals surface area contributed by atoms with E-state index in [4.69, 9.17) is 4.74 Å². The molecule has 0 aliphatic rings. The van der Waals surface area contributed by atoms with E-state index in [0.717, 1.165) is 12.1 Å². The topological polar surface area (TPSA) is 77.8 Å². The molecule has 0 saturated heterocycles. The molecule has 1 N–H and O–H groups in total. The number of ether oxygens (including phenoxy) is 2. The van der Waals surface area contributed by atoms with Gasteiger partial charge in [-0.05, 0) is 61.4 Å². The van der Waals surface area contributed by atoms with Crippen molar-refractivity contribution in [3.63, 3.8) is 0 Å². The van der Waals surface area contributed by atoms with Gasteiger partial charge in [-0.3, -0.25) is 14.2 Å². The summed E-state index contributed by atoms with van der Waals surface area (Å²) >= 11 is 0. The number of carbonyl (C=O) groups excluding carboxylic acids is 2. The maximum atomic E-state index is 13.2. The zero-order valence-electron chi connectivity index (χ0n) is 16.8. The van der Waals surface area contributed by atoms with E-state index in [9.17, 15) is 27.9 Å². The molecular formula is C22H20F3NO5. The highest BCUT2D eigenvalue weighted by Crippen LogP contribution is 2.31. The van der Waals surface area contributed by atoms with Crippen molar-refractivity contribution in [1.29, 1.82) is 0 Å². The lowest BCUT2D eigenvalue weighted by molar-refractivity contribution is -0.274. The predicted octanol–water partition coefficient (Wildman–Crippen LogP) is 4.74. The van der Waals surface area contributed by atoms with E-state index in [2.05, 4.69) is 4.74 Å². The second-order valence-corrected chi connectivity index (χ2v) is 6.88. The van der Waals surface area contributed by atoms with Crippen LogP contribution in [0, 0.1) is 6.92 Å². The number of benzene rings is 2. The number of carbonyl (C=O) groups is 2. The lowest BCUT2D eigenvalue weighted by Gasteiger charge is -2.10. The number of fused-ring (bicyclic) bond motifs is 1. The van der Waals surface area contributed by atoms with Crippen LogP contribution in [0.5, 0.6) is 11.5 Å². The molecule has 2 aromatic carbocycles. The molecule has 1 aromatic heterocycles. The summed E-state index contributed by atoms with van der Waals surface area (Å²) in [7, 11) is 0. The van der Waals surface area contributed by atoms with Gasteiger partial charge in [-0.25, -0.2) is 0 Å². The fraction of sp³-hybridized carbons (Fsp3) is 0.273. The Hall–Kier alpha value is -3.49. The predicted molar refractivity (Wildman–Crippen MR) is 106 cm³/mol.